The van der Waals surface area contributed by atoms with Crippen molar-refractivity contribution in [3.8, 4) is 5.75 Å². The molecule has 1 rings (SSSR count). The van der Waals surface area contributed by atoms with Gasteiger partial charge >= 0.3 is 0 Å². The molecule has 0 aromatic heterocycles. The van der Waals surface area contributed by atoms with Crippen LogP contribution >= 0.6 is 11.6 Å². The van der Waals surface area contributed by atoms with E-state index < -0.39 is 5.24 Å². The van der Waals surface area contributed by atoms with E-state index in [1.54, 1.807) is 12.1 Å². The molecule has 0 amide bonds. The molecule has 0 radical (unpaired) electrons. The van der Waals surface area contributed by atoms with Crippen molar-refractivity contribution in [2.75, 3.05) is 6.61 Å². The van der Waals surface area contributed by atoms with Crippen LogP contribution in [0.5, 0.6) is 5.75 Å². The maximum absolute atomic E-state index is 11.1. The Morgan fingerprint density at radius 1 is 1.08 bits per heavy atom. The topological polar surface area (TPSA) is 26.3 Å². The minimum absolute atomic E-state index is 0.430. The van der Waals surface area contributed by atoms with Crippen molar-refractivity contribution in [2.45, 2.75) is 66.2 Å². The summed E-state index contributed by atoms with van der Waals surface area (Å²) in [6.07, 6.45) is 7.65. The largest absolute Gasteiger partial charge is 0.493 e. The number of hydrogen-bond acceptors (Lipinski definition) is 2. The molecule has 0 saturated heterocycles. The lowest BCUT2D eigenvalue weighted by Crippen LogP contribution is -2.21. The molecule has 0 bridgehead atoms. The van der Waals surface area contributed by atoms with E-state index in [0.717, 1.165) is 12.4 Å². The van der Waals surface area contributed by atoms with E-state index in [2.05, 4.69) is 27.7 Å². The van der Waals surface area contributed by atoms with E-state index in [4.69, 9.17) is 16.3 Å². The van der Waals surface area contributed by atoms with Crippen molar-refractivity contribution in [3.05, 3.63) is 29.8 Å². The average Bonchev–Trinajstić information content (AvgIpc) is 2.53. The van der Waals surface area contributed by atoms with E-state index in [-0.39, 0.29) is 0 Å². The second-order valence-electron chi connectivity index (χ2n) is 7.33. The first-order valence-electron chi connectivity index (χ1n) is 9.36. The number of halogens is 1. The second kappa shape index (κ2) is 11.5. The molecule has 2 unspecified atom stereocenters. The van der Waals surface area contributed by atoms with Crippen LogP contribution in [0.25, 0.3) is 0 Å². The summed E-state index contributed by atoms with van der Waals surface area (Å²) < 4.78 is 6.01. The van der Waals surface area contributed by atoms with Gasteiger partial charge in [-0.05, 0) is 66.5 Å². The summed E-state index contributed by atoms with van der Waals surface area (Å²) in [5, 5.41) is -0.430. The Hall–Kier alpha value is -1.02. The van der Waals surface area contributed by atoms with Gasteiger partial charge < -0.3 is 4.74 Å². The van der Waals surface area contributed by atoms with Crippen LogP contribution in [0.3, 0.4) is 0 Å². The predicted molar refractivity (Wildman–Crippen MR) is 103 cm³/mol. The van der Waals surface area contributed by atoms with Crippen LogP contribution < -0.4 is 4.74 Å². The summed E-state index contributed by atoms with van der Waals surface area (Å²) in [5.74, 6) is 2.77. The number of carbonyl (C=O) groups is 1. The highest BCUT2D eigenvalue weighted by Gasteiger charge is 2.19. The minimum Gasteiger partial charge on any atom is -0.493 e. The van der Waals surface area contributed by atoms with Gasteiger partial charge in [0, 0.05) is 5.56 Å². The lowest BCUT2D eigenvalue weighted by Gasteiger charge is -2.25. The van der Waals surface area contributed by atoms with Crippen LogP contribution in [0.1, 0.15) is 76.6 Å². The first kappa shape index (κ1) is 21.0. The molecule has 3 heteroatoms. The summed E-state index contributed by atoms with van der Waals surface area (Å²) in [7, 11) is 0. The Kier molecular flexibility index (Phi) is 10.1. The predicted octanol–water partition coefficient (Wildman–Crippen LogP) is 6.71. The van der Waals surface area contributed by atoms with Crippen LogP contribution in [-0.4, -0.2) is 11.8 Å². The molecule has 2 nitrogen and oxygen atoms in total. The SMILES string of the molecule is CCCCCCC(COc1ccc(C(=O)Cl)cc1)C(C)CC(C)C. The zero-order valence-electron chi connectivity index (χ0n) is 15.7. The monoisotopic (exact) mass is 352 g/mol. The Bertz CT molecular complexity index is 467. The molecule has 0 saturated carbocycles. The van der Waals surface area contributed by atoms with Gasteiger partial charge in [-0.25, -0.2) is 0 Å². The normalized spacial score (nSPS) is 13.8. The number of rotatable bonds is 12. The molecule has 1 aromatic carbocycles. The summed E-state index contributed by atoms with van der Waals surface area (Å²) in [6, 6.07) is 7.10. The molecule has 0 aliphatic carbocycles. The van der Waals surface area contributed by atoms with Gasteiger partial charge in [-0.2, -0.15) is 0 Å². The molecule has 0 N–H and O–H groups in total. The summed E-state index contributed by atoms with van der Waals surface area (Å²) in [6.45, 7) is 9.91. The maximum Gasteiger partial charge on any atom is 0.252 e. The molecule has 24 heavy (non-hydrogen) atoms. The fourth-order valence-electron chi connectivity index (χ4n) is 3.19. The highest BCUT2D eigenvalue weighted by Crippen LogP contribution is 2.26. The van der Waals surface area contributed by atoms with E-state index in [1.165, 1.54) is 38.5 Å². The standard InChI is InChI=1S/C21H33ClO2/c1-5-6-7-8-9-19(17(4)14-16(2)3)15-24-20-12-10-18(11-13-20)21(22)23/h10-13,16-17,19H,5-9,14-15H2,1-4H3. The smallest absolute Gasteiger partial charge is 0.252 e. The molecule has 0 spiro atoms. The number of benzene rings is 1. The zero-order chi connectivity index (χ0) is 17.9. The van der Waals surface area contributed by atoms with Crippen molar-refractivity contribution in [3.63, 3.8) is 0 Å². The average molecular weight is 353 g/mol. The van der Waals surface area contributed by atoms with Crippen molar-refractivity contribution >= 4 is 16.8 Å². The third kappa shape index (κ3) is 8.19. The zero-order valence-corrected chi connectivity index (χ0v) is 16.4. The van der Waals surface area contributed by atoms with E-state index in [1.807, 2.05) is 12.1 Å². The highest BCUT2D eigenvalue weighted by molar-refractivity contribution is 6.67. The lowest BCUT2D eigenvalue weighted by molar-refractivity contribution is 0.108. The van der Waals surface area contributed by atoms with E-state index in [0.29, 0.717) is 23.3 Å². The van der Waals surface area contributed by atoms with Crippen LogP contribution in [0.2, 0.25) is 0 Å². The van der Waals surface area contributed by atoms with Gasteiger partial charge in [0.1, 0.15) is 5.75 Å². The molecular weight excluding hydrogens is 320 g/mol. The van der Waals surface area contributed by atoms with Crippen LogP contribution in [0.4, 0.5) is 0 Å². The molecule has 0 fully saturated rings. The van der Waals surface area contributed by atoms with Gasteiger partial charge in [-0.15, -0.1) is 0 Å². The van der Waals surface area contributed by atoms with Crippen molar-refractivity contribution in [1.29, 1.82) is 0 Å². The Morgan fingerprint density at radius 3 is 2.29 bits per heavy atom. The minimum atomic E-state index is -0.430. The van der Waals surface area contributed by atoms with Crippen molar-refractivity contribution in [1.82, 2.24) is 0 Å². The number of ether oxygens (including phenoxy) is 1. The van der Waals surface area contributed by atoms with Crippen LogP contribution in [0.15, 0.2) is 24.3 Å². The molecular formula is C21H33ClO2. The molecule has 0 aliphatic rings. The van der Waals surface area contributed by atoms with Crippen molar-refractivity contribution < 1.29 is 9.53 Å². The molecule has 0 heterocycles. The van der Waals surface area contributed by atoms with E-state index >= 15 is 0 Å². The first-order valence-corrected chi connectivity index (χ1v) is 9.74. The Morgan fingerprint density at radius 2 is 1.75 bits per heavy atom. The van der Waals surface area contributed by atoms with Gasteiger partial charge in [-0.3, -0.25) is 4.79 Å². The van der Waals surface area contributed by atoms with Gasteiger partial charge in [0.05, 0.1) is 6.61 Å². The number of carbonyl (C=O) groups excluding carboxylic acids is 1. The molecule has 2 atom stereocenters. The second-order valence-corrected chi connectivity index (χ2v) is 7.67. The Labute approximate surface area is 152 Å². The summed E-state index contributed by atoms with van der Waals surface area (Å²) in [5.41, 5.74) is 0.508. The highest BCUT2D eigenvalue weighted by atomic mass is 35.5. The third-order valence-corrected chi connectivity index (χ3v) is 4.84. The maximum atomic E-state index is 11.1. The lowest BCUT2D eigenvalue weighted by atomic mass is 9.84. The van der Waals surface area contributed by atoms with Crippen LogP contribution in [0, 0.1) is 17.8 Å². The third-order valence-electron chi connectivity index (χ3n) is 4.62. The summed E-state index contributed by atoms with van der Waals surface area (Å²) in [4.78, 5) is 11.1. The van der Waals surface area contributed by atoms with Crippen LogP contribution in [-0.2, 0) is 0 Å². The fourth-order valence-corrected chi connectivity index (χ4v) is 3.31. The van der Waals surface area contributed by atoms with Gasteiger partial charge in [0.25, 0.3) is 5.24 Å². The molecule has 1 aromatic rings. The summed E-state index contributed by atoms with van der Waals surface area (Å²) >= 11 is 5.48. The number of unbranched alkanes of at least 4 members (excludes halogenated alkanes) is 3. The van der Waals surface area contributed by atoms with E-state index in [9.17, 15) is 4.79 Å². The van der Waals surface area contributed by atoms with Gasteiger partial charge in [0.15, 0.2) is 0 Å². The van der Waals surface area contributed by atoms with Crippen molar-refractivity contribution in [2.24, 2.45) is 17.8 Å². The van der Waals surface area contributed by atoms with Gasteiger partial charge in [0.2, 0.25) is 0 Å². The Balaban J connectivity index is 2.57. The molecule has 136 valence electrons. The molecule has 0 aliphatic heterocycles. The first-order chi connectivity index (χ1) is 11.4. The quantitative estimate of drug-likeness (QED) is 0.308. The number of hydrogen-bond donors (Lipinski definition) is 0. The van der Waals surface area contributed by atoms with Gasteiger partial charge in [-0.1, -0.05) is 53.4 Å². The fraction of sp³-hybridized carbons (Fsp3) is 0.667.